The van der Waals surface area contributed by atoms with Crippen LogP contribution in [-0.4, -0.2) is 29.7 Å². The molecule has 1 fully saturated rings. The average Bonchev–Trinajstić information content (AvgIpc) is 2.26. The number of carbonyl (C=O) groups excluding carboxylic acids is 1. The van der Waals surface area contributed by atoms with Gasteiger partial charge in [-0.15, -0.1) is 0 Å². The van der Waals surface area contributed by atoms with Crippen molar-refractivity contribution in [2.24, 2.45) is 17.6 Å². The Morgan fingerprint density at radius 3 is 2.38 bits per heavy atom. The second-order valence-electron chi connectivity index (χ2n) is 4.45. The van der Waals surface area contributed by atoms with Crippen molar-refractivity contribution < 1.29 is 19.4 Å². The summed E-state index contributed by atoms with van der Waals surface area (Å²) in [7, 11) is 0. The molecule has 16 heavy (non-hydrogen) atoms. The summed E-state index contributed by atoms with van der Waals surface area (Å²) in [6.07, 6.45) is 2.90. The minimum absolute atomic E-state index is 0.0809. The number of aliphatic carboxylic acids is 1. The molecule has 1 amide bonds. The molecule has 1 saturated carbocycles. The molecular formula is C11H19NO4. The Labute approximate surface area is 95.0 Å². The van der Waals surface area contributed by atoms with Crippen LogP contribution in [-0.2, 0) is 14.3 Å². The Balaban J connectivity index is 2.22. The van der Waals surface area contributed by atoms with E-state index in [2.05, 4.69) is 0 Å². The van der Waals surface area contributed by atoms with Crippen LogP contribution in [0.15, 0.2) is 0 Å². The van der Waals surface area contributed by atoms with Gasteiger partial charge in [0.05, 0.1) is 24.5 Å². The Morgan fingerprint density at radius 2 is 1.94 bits per heavy atom. The van der Waals surface area contributed by atoms with Gasteiger partial charge in [0.25, 0.3) is 0 Å². The molecule has 0 heterocycles. The van der Waals surface area contributed by atoms with E-state index in [0.717, 1.165) is 12.8 Å². The molecule has 1 aliphatic carbocycles. The number of primary amides is 1. The number of ether oxygens (including phenoxy) is 1. The van der Waals surface area contributed by atoms with Gasteiger partial charge < -0.3 is 15.6 Å². The Kier molecular flexibility index (Phi) is 4.73. The number of carboxylic acids is 1. The average molecular weight is 229 g/mol. The lowest BCUT2D eigenvalue weighted by atomic mass is 9.87. The molecule has 92 valence electrons. The highest BCUT2D eigenvalue weighted by molar-refractivity contribution is 5.76. The molecule has 5 heteroatoms. The van der Waals surface area contributed by atoms with Gasteiger partial charge in [-0.3, -0.25) is 9.59 Å². The van der Waals surface area contributed by atoms with E-state index in [1.54, 1.807) is 6.92 Å². The fourth-order valence-electron chi connectivity index (χ4n) is 1.84. The molecular weight excluding hydrogens is 210 g/mol. The van der Waals surface area contributed by atoms with E-state index in [4.69, 9.17) is 15.6 Å². The SMILES string of the molecule is CC(COC1CCC(C(=O)O)CC1)C(N)=O. The van der Waals surface area contributed by atoms with E-state index < -0.39 is 5.97 Å². The van der Waals surface area contributed by atoms with Crippen LogP contribution in [0.1, 0.15) is 32.6 Å². The van der Waals surface area contributed by atoms with Crippen LogP contribution in [0.5, 0.6) is 0 Å². The first-order valence-corrected chi connectivity index (χ1v) is 5.64. The molecule has 0 aromatic carbocycles. The topological polar surface area (TPSA) is 89.6 Å². The molecule has 0 aliphatic heterocycles. The normalized spacial score (nSPS) is 27.3. The predicted molar refractivity (Wildman–Crippen MR) is 57.7 cm³/mol. The van der Waals surface area contributed by atoms with Crippen molar-refractivity contribution in [3.8, 4) is 0 Å². The van der Waals surface area contributed by atoms with Crippen molar-refractivity contribution in [3.05, 3.63) is 0 Å². The first kappa shape index (κ1) is 13.0. The van der Waals surface area contributed by atoms with Crippen LogP contribution < -0.4 is 5.73 Å². The summed E-state index contributed by atoms with van der Waals surface area (Å²) in [6, 6.07) is 0. The highest BCUT2D eigenvalue weighted by Gasteiger charge is 2.26. The smallest absolute Gasteiger partial charge is 0.306 e. The van der Waals surface area contributed by atoms with Crippen molar-refractivity contribution in [1.82, 2.24) is 0 Å². The lowest BCUT2D eigenvalue weighted by Crippen LogP contribution is -2.30. The molecule has 0 spiro atoms. The first-order valence-electron chi connectivity index (χ1n) is 5.64. The Bertz CT molecular complexity index is 259. The van der Waals surface area contributed by atoms with Crippen molar-refractivity contribution >= 4 is 11.9 Å². The number of hydrogen-bond acceptors (Lipinski definition) is 3. The fraction of sp³-hybridized carbons (Fsp3) is 0.818. The molecule has 0 aromatic heterocycles. The van der Waals surface area contributed by atoms with E-state index >= 15 is 0 Å². The molecule has 0 radical (unpaired) electrons. The van der Waals surface area contributed by atoms with Gasteiger partial charge in [-0.2, -0.15) is 0 Å². The van der Waals surface area contributed by atoms with Crippen LogP contribution in [0.2, 0.25) is 0 Å². The molecule has 0 saturated heterocycles. The molecule has 5 nitrogen and oxygen atoms in total. The zero-order chi connectivity index (χ0) is 12.1. The third kappa shape index (κ3) is 3.81. The van der Waals surface area contributed by atoms with E-state index in [9.17, 15) is 9.59 Å². The summed E-state index contributed by atoms with van der Waals surface area (Å²) < 4.78 is 5.54. The Hall–Kier alpha value is -1.10. The molecule has 1 rings (SSSR count). The Morgan fingerprint density at radius 1 is 1.38 bits per heavy atom. The van der Waals surface area contributed by atoms with E-state index in [-0.39, 0.29) is 23.8 Å². The molecule has 0 aromatic rings. The van der Waals surface area contributed by atoms with Crippen molar-refractivity contribution in [1.29, 1.82) is 0 Å². The molecule has 0 bridgehead atoms. The maximum absolute atomic E-state index is 10.8. The summed E-state index contributed by atoms with van der Waals surface area (Å²) in [4.78, 5) is 21.5. The third-order valence-corrected chi connectivity index (χ3v) is 3.09. The van der Waals surface area contributed by atoms with Crippen molar-refractivity contribution in [3.63, 3.8) is 0 Å². The molecule has 1 aliphatic rings. The van der Waals surface area contributed by atoms with Gasteiger partial charge >= 0.3 is 5.97 Å². The van der Waals surface area contributed by atoms with Crippen LogP contribution in [0.4, 0.5) is 0 Å². The van der Waals surface area contributed by atoms with Crippen molar-refractivity contribution in [2.75, 3.05) is 6.61 Å². The predicted octanol–water partition coefficient (Wildman–Crippen LogP) is 0.768. The van der Waals surface area contributed by atoms with Gasteiger partial charge in [0.2, 0.25) is 5.91 Å². The number of rotatable bonds is 5. The first-order chi connectivity index (χ1) is 7.50. The number of carboxylic acid groups (broad SMARTS) is 1. The van der Waals surface area contributed by atoms with Crippen LogP contribution >= 0.6 is 0 Å². The van der Waals surface area contributed by atoms with Gasteiger partial charge in [-0.05, 0) is 25.7 Å². The summed E-state index contributed by atoms with van der Waals surface area (Å²) in [5, 5.41) is 8.81. The van der Waals surface area contributed by atoms with Gasteiger partial charge in [0, 0.05) is 0 Å². The second-order valence-corrected chi connectivity index (χ2v) is 4.45. The summed E-state index contributed by atoms with van der Waals surface area (Å²) in [6.45, 7) is 2.06. The number of carbonyl (C=O) groups is 2. The molecule has 1 unspecified atom stereocenters. The lowest BCUT2D eigenvalue weighted by Gasteiger charge is -2.26. The van der Waals surface area contributed by atoms with Gasteiger partial charge in [0.1, 0.15) is 0 Å². The van der Waals surface area contributed by atoms with E-state index in [1.165, 1.54) is 0 Å². The standard InChI is InChI=1S/C11H19NO4/c1-7(10(12)13)6-16-9-4-2-8(3-5-9)11(14)15/h7-9H,2-6H2,1H3,(H2,12,13)(H,14,15). The van der Waals surface area contributed by atoms with Gasteiger partial charge in [0.15, 0.2) is 0 Å². The minimum atomic E-state index is -0.719. The van der Waals surface area contributed by atoms with Gasteiger partial charge in [-0.25, -0.2) is 0 Å². The van der Waals surface area contributed by atoms with Gasteiger partial charge in [-0.1, -0.05) is 6.92 Å². The zero-order valence-electron chi connectivity index (χ0n) is 9.52. The maximum atomic E-state index is 10.8. The van der Waals surface area contributed by atoms with Crippen molar-refractivity contribution in [2.45, 2.75) is 38.7 Å². The largest absolute Gasteiger partial charge is 0.481 e. The second kappa shape index (κ2) is 5.84. The quantitative estimate of drug-likeness (QED) is 0.728. The number of hydrogen-bond donors (Lipinski definition) is 2. The van der Waals surface area contributed by atoms with E-state index in [1.807, 2.05) is 0 Å². The summed E-state index contributed by atoms with van der Waals surface area (Å²) >= 11 is 0. The minimum Gasteiger partial charge on any atom is -0.481 e. The van der Waals surface area contributed by atoms with E-state index in [0.29, 0.717) is 19.4 Å². The highest BCUT2D eigenvalue weighted by atomic mass is 16.5. The molecule has 1 atom stereocenters. The van der Waals surface area contributed by atoms with Crippen LogP contribution in [0.25, 0.3) is 0 Å². The third-order valence-electron chi connectivity index (χ3n) is 3.09. The summed E-state index contributed by atoms with van der Waals surface area (Å²) in [5.41, 5.74) is 5.12. The molecule has 3 N–H and O–H groups in total. The monoisotopic (exact) mass is 229 g/mol. The number of amides is 1. The summed E-state index contributed by atoms with van der Waals surface area (Å²) in [5.74, 6) is -1.59. The number of nitrogens with two attached hydrogens (primary N) is 1. The maximum Gasteiger partial charge on any atom is 0.306 e. The van der Waals surface area contributed by atoms with Crippen LogP contribution in [0, 0.1) is 11.8 Å². The zero-order valence-corrected chi connectivity index (χ0v) is 9.52. The lowest BCUT2D eigenvalue weighted by molar-refractivity contribution is -0.143. The fourth-order valence-corrected chi connectivity index (χ4v) is 1.84. The highest BCUT2D eigenvalue weighted by Crippen LogP contribution is 2.26. The van der Waals surface area contributed by atoms with Crippen LogP contribution in [0.3, 0.4) is 0 Å².